The molecule has 0 saturated carbocycles. The fraction of sp³-hybridized carbons (Fsp3) is 0.500. The van der Waals surface area contributed by atoms with E-state index in [-0.39, 0.29) is 18.1 Å². The van der Waals surface area contributed by atoms with Crippen molar-refractivity contribution in [1.82, 2.24) is 9.97 Å². The molecule has 15 heavy (non-hydrogen) atoms. The molecule has 0 aromatic carbocycles. The molecule has 2 atom stereocenters. The maximum atomic E-state index is 11.1. The summed E-state index contributed by atoms with van der Waals surface area (Å²) >= 11 is 0. The second kappa shape index (κ2) is 4.76. The number of hydrogen-bond acceptors (Lipinski definition) is 6. The van der Waals surface area contributed by atoms with E-state index in [1.54, 1.807) is 6.92 Å². The van der Waals surface area contributed by atoms with E-state index >= 15 is 0 Å². The highest BCUT2D eigenvalue weighted by Gasteiger charge is 2.10. The van der Waals surface area contributed by atoms with Crippen LogP contribution in [0, 0.1) is 0 Å². The molecule has 1 aromatic heterocycles. The lowest BCUT2D eigenvalue weighted by molar-refractivity contribution is 0.168. The predicted octanol–water partition coefficient (Wildman–Crippen LogP) is -1.53. The van der Waals surface area contributed by atoms with Crippen molar-refractivity contribution in [3.8, 4) is 0 Å². The molecule has 0 aliphatic heterocycles. The van der Waals surface area contributed by atoms with Gasteiger partial charge in [-0.2, -0.15) is 0 Å². The number of hydrogen-bond donors (Lipinski definition) is 5. The Morgan fingerprint density at radius 1 is 1.73 bits per heavy atom. The van der Waals surface area contributed by atoms with E-state index in [0.29, 0.717) is 0 Å². The zero-order valence-corrected chi connectivity index (χ0v) is 8.40. The van der Waals surface area contributed by atoms with Gasteiger partial charge in [0.05, 0.1) is 12.4 Å². The quantitative estimate of drug-likeness (QED) is 0.412. The van der Waals surface area contributed by atoms with Crippen LogP contribution in [0.5, 0.6) is 0 Å². The second-order valence-electron chi connectivity index (χ2n) is 3.28. The van der Waals surface area contributed by atoms with Gasteiger partial charge in [0.1, 0.15) is 5.69 Å². The fourth-order valence-electron chi connectivity index (χ4n) is 0.936. The number of H-pyrrole nitrogens is 1. The highest BCUT2D eigenvalue weighted by molar-refractivity contribution is 5.58. The van der Waals surface area contributed by atoms with Crippen LogP contribution in [0.15, 0.2) is 11.1 Å². The van der Waals surface area contributed by atoms with Crippen molar-refractivity contribution < 1.29 is 5.11 Å². The van der Waals surface area contributed by atoms with Crippen molar-refractivity contribution in [2.75, 3.05) is 17.6 Å². The van der Waals surface area contributed by atoms with E-state index in [2.05, 4.69) is 15.3 Å². The Morgan fingerprint density at radius 3 is 3.00 bits per heavy atom. The molecular formula is C8H15N5O2. The fourth-order valence-corrected chi connectivity index (χ4v) is 0.936. The van der Waals surface area contributed by atoms with Gasteiger partial charge in [0.15, 0.2) is 5.82 Å². The summed E-state index contributed by atoms with van der Waals surface area (Å²) in [5.41, 5.74) is 10.7. The van der Waals surface area contributed by atoms with Crippen molar-refractivity contribution in [2.45, 2.75) is 19.1 Å². The van der Waals surface area contributed by atoms with Crippen molar-refractivity contribution in [1.29, 1.82) is 0 Å². The van der Waals surface area contributed by atoms with Gasteiger partial charge >= 0.3 is 0 Å². The molecule has 0 radical (unpaired) electrons. The van der Waals surface area contributed by atoms with Gasteiger partial charge in [-0.05, 0) is 6.92 Å². The standard InChI is InChI=1S/C8H15N5O2/c1-4(14)5(9)2-11-7-6(10)8(15)13-3-12-7/h3-5,14H,2,9-10H2,1H3,(H2,11,12,13,15). The maximum Gasteiger partial charge on any atom is 0.276 e. The van der Waals surface area contributed by atoms with Crippen LogP contribution in [0.2, 0.25) is 0 Å². The molecule has 0 aliphatic rings. The van der Waals surface area contributed by atoms with Crippen LogP contribution < -0.4 is 22.3 Å². The number of aliphatic hydroxyl groups is 1. The number of nitrogens with one attached hydrogen (secondary N) is 2. The summed E-state index contributed by atoms with van der Waals surface area (Å²) in [5.74, 6) is 0.273. The molecule has 1 heterocycles. The minimum Gasteiger partial charge on any atom is -0.392 e. The van der Waals surface area contributed by atoms with E-state index in [9.17, 15) is 4.79 Å². The third kappa shape index (κ3) is 2.93. The van der Waals surface area contributed by atoms with Gasteiger partial charge in [0, 0.05) is 12.6 Å². The highest BCUT2D eigenvalue weighted by Crippen LogP contribution is 2.06. The van der Waals surface area contributed by atoms with Gasteiger partial charge in [0.2, 0.25) is 0 Å². The molecule has 0 fully saturated rings. The molecule has 7 N–H and O–H groups in total. The van der Waals surface area contributed by atoms with Crippen molar-refractivity contribution >= 4 is 11.5 Å². The van der Waals surface area contributed by atoms with Gasteiger partial charge in [-0.3, -0.25) is 4.79 Å². The number of rotatable bonds is 4. The third-order valence-corrected chi connectivity index (χ3v) is 2.01. The Bertz CT molecular complexity index is 376. The first-order valence-electron chi connectivity index (χ1n) is 4.53. The first-order valence-corrected chi connectivity index (χ1v) is 4.53. The minimum absolute atomic E-state index is 0.00953. The van der Waals surface area contributed by atoms with Gasteiger partial charge in [-0.1, -0.05) is 0 Å². The summed E-state index contributed by atoms with van der Waals surface area (Å²) in [7, 11) is 0. The van der Waals surface area contributed by atoms with Crippen LogP contribution in [0.25, 0.3) is 0 Å². The molecule has 0 aliphatic carbocycles. The third-order valence-electron chi connectivity index (χ3n) is 2.01. The summed E-state index contributed by atoms with van der Waals surface area (Å²) in [6.07, 6.45) is 0.607. The Hall–Kier alpha value is -1.60. The molecule has 0 bridgehead atoms. The van der Waals surface area contributed by atoms with Gasteiger partial charge in [-0.25, -0.2) is 4.98 Å². The Morgan fingerprint density at radius 2 is 2.40 bits per heavy atom. The van der Waals surface area contributed by atoms with Crippen LogP contribution in [0.4, 0.5) is 11.5 Å². The summed E-state index contributed by atoms with van der Waals surface area (Å²) in [6.45, 7) is 1.87. The summed E-state index contributed by atoms with van der Waals surface area (Å²) in [6, 6.07) is -0.439. The summed E-state index contributed by atoms with van der Waals surface area (Å²) < 4.78 is 0. The molecule has 7 nitrogen and oxygen atoms in total. The zero-order chi connectivity index (χ0) is 11.4. The Kier molecular flexibility index (Phi) is 3.64. The minimum atomic E-state index is -0.638. The van der Waals surface area contributed by atoms with Crippen LogP contribution in [0.1, 0.15) is 6.92 Å². The van der Waals surface area contributed by atoms with E-state index in [4.69, 9.17) is 16.6 Å². The van der Waals surface area contributed by atoms with Gasteiger partial charge in [0.25, 0.3) is 5.56 Å². The maximum absolute atomic E-state index is 11.1. The normalized spacial score (nSPS) is 14.6. The molecule has 1 aromatic rings. The lowest BCUT2D eigenvalue weighted by Gasteiger charge is -2.15. The number of anilines is 2. The number of aromatic nitrogens is 2. The van der Waals surface area contributed by atoms with Crippen LogP contribution in [0.3, 0.4) is 0 Å². The lowest BCUT2D eigenvalue weighted by atomic mass is 10.2. The molecule has 2 unspecified atom stereocenters. The van der Waals surface area contributed by atoms with Crippen molar-refractivity contribution in [3.63, 3.8) is 0 Å². The molecule has 84 valence electrons. The van der Waals surface area contributed by atoms with Gasteiger partial charge in [-0.15, -0.1) is 0 Å². The average Bonchev–Trinajstić information content (AvgIpc) is 2.19. The largest absolute Gasteiger partial charge is 0.392 e. The number of aliphatic hydroxyl groups excluding tert-OH is 1. The summed E-state index contributed by atoms with van der Waals surface area (Å²) in [5, 5.41) is 11.9. The Balaban J connectivity index is 2.66. The van der Waals surface area contributed by atoms with E-state index in [1.807, 2.05) is 0 Å². The molecular weight excluding hydrogens is 198 g/mol. The number of nitrogens with zero attached hydrogens (tertiary/aromatic N) is 1. The number of nitrogens with two attached hydrogens (primary N) is 2. The first-order chi connectivity index (χ1) is 7.02. The highest BCUT2D eigenvalue weighted by atomic mass is 16.3. The first kappa shape index (κ1) is 11.5. The van der Waals surface area contributed by atoms with Crippen LogP contribution >= 0.6 is 0 Å². The molecule has 0 spiro atoms. The molecule has 0 amide bonds. The van der Waals surface area contributed by atoms with Crippen molar-refractivity contribution in [2.24, 2.45) is 5.73 Å². The van der Waals surface area contributed by atoms with Crippen molar-refractivity contribution in [3.05, 3.63) is 16.7 Å². The van der Waals surface area contributed by atoms with E-state index in [1.165, 1.54) is 6.33 Å². The zero-order valence-electron chi connectivity index (χ0n) is 8.40. The monoisotopic (exact) mass is 213 g/mol. The smallest absolute Gasteiger partial charge is 0.276 e. The average molecular weight is 213 g/mol. The number of aromatic amines is 1. The van der Waals surface area contributed by atoms with Crippen LogP contribution in [-0.2, 0) is 0 Å². The molecule has 0 saturated heterocycles. The van der Waals surface area contributed by atoms with Crippen LogP contribution in [-0.4, -0.2) is 33.8 Å². The molecule has 7 heteroatoms. The summed E-state index contributed by atoms with van der Waals surface area (Å²) in [4.78, 5) is 17.3. The second-order valence-corrected chi connectivity index (χ2v) is 3.28. The van der Waals surface area contributed by atoms with E-state index in [0.717, 1.165) is 0 Å². The Labute approximate surface area is 86.5 Å². The number of nitrogen functional groups attached to an aromatic ring is 1. The SMILES string of the molecule is CC(O)C(N)CNc1nc[nH]c(=O)c1N. The topological polar surface area (TPSA) is 130 Å². The molecule has 1 rings (SSSR count). The predicted molar refractivity (Wildman–Crippen MR) is 57.4 cm³/mol. The van der Waals surface area contributed by atoms with Gasteiger partial charge < -0.3 is 26.9 Å². The van der Waals surface area contributed by atoms with E-state index < -0.39 is 17.7 Å². The lowest BCUT2D eigenvalue weighted by Crippen LogP contribution is -2.39.